The first kappa shape index (κ1) is 12.0. The van der Waals surface area contributed by atoms with Crippen LogP contribution in [-0.2, 0) is 0 Å². The monoisotopic (exact) mass is 239 g/mol. The highest BCUT2D eigenvalue weighted by Gasteiger charge is 1.98. The zero-order valence-electron chi connectivity index (χ0n) is 10.00. The Morgan fingerprint density at radius 2 is 1.78 bits per heavy atom. The Balaban J connectivity index is 2.19. The van der Waals surface area contributed by atoms with Gasteiger partial charge in [-0.25, -0.2) is 0 Å². The normalized spacial score (nSPS) is 10.7. The third kappa shape index (κ3) is 2.83. The first-order chi connectivity index (χ1) is 8.66. The SMILES string of the molecule is CC(=O)c1ccc(/N=C/c2ccccc2O)cc1. The van der Waals surface area contributed by atoms with E-state index in [1.807, 2.05) is 6.07 Å². The largest absolute Gasteiger partial charge is 0.507 e. The van der Waals surface area contributed by atoms with Crippen LogP contribution in [0, 0.1) is 0 Å². The number of carbonyl (C=O) groups excluding carboxylic acids is 1. The van der Waals surface area contributed by atoms with E-state index < -0.39 is 0 Å². The standard InChI is InChI=1S/C15H13NO2/c1-11(17)12-6-8-14(9-7-12)16-10-13-4-2-3-5-15(13)18/h2-10,18H,1H3/b16-10+. The van der Waals surface area contributed by atoms with E-state index in [2.05, 4.69) is 4.99 Å². The van der Waals surface area contributed by atoms with Crippen LogP contribution in [0.3, 0.4) is 0 Å². The summed E-state index contributed by atoms with van der Waals surface area (Å²) in [6, 6.07) is 14.0. The smallest absolute Gasteiger partial charge is 0.159 e. The molecule has 1 N–H and O–H groups in total. The first-order valence-electron chi connectivity index (χ1n) is 5.60. The molecular formula is C15H13NO2. The van der Waals surface area contributed by atoms with Gasteiger partial charge in [0.1, 0.15) is 5.75 Å². The number of hydrogen-bond donors (Lipinski definition) is 1. The van der Waals surface area contributed by atoms with Gasteiger partial charge in [0, 0.05) is 17.3 Å². The van der Waals surface area contributed by atoms with E-state index in [-0.39, 0.29) is 11.5 Å². The summed E-state index contributed by atoms with van der Waals surface area (Å²) in [5.74, 6) is 0.229. The minimum absolute atomic E-state index is 0.0335. The highest BCUT2D eigenvalue weighted by molar-refractivity contribution is 5.94. The summed E-state index contributed by atoms with van der Waals surface area (Å²) in [6.45, 7) is 1.53. The molecule has 0 unspecified atom stereocenters. The Morgan fingerprint density at radius 3 is 2.39 bits per heavy atom. The minimum atomic E-state index is 0.0335. The van der Waals surface area contributed by atoms with Crippen LogP contribution in [-0.4, -0.2) is 17.1 Å². The molecule has 0 aromatic heterocycles. The van der Waals surface area contributed by atoms with Crippen molar-refractivity contribution in [3.8, 4) is 5.75 Å². The predicted molar refractivity (Wildman–Crippen MR) is 71.8 cm³/mol. The number of nitrogens with zero attached hydrogens (tertiary/aromatic N) is 1. The number of rotatable bonds is 3. The van der Waals surface area contributed by atoms with Gasteiger partial charge < -0.3 is 5.11 Å². The summed E-state index contributed by atoms with van der Waals surface area (Å²) in [5, 5.41) is 9.57. The Hall–Kier alpha value is -2.42. The molecule has 2 rings (SSSR count). The van der Waals surface area contributed by atoms with Gasteiger partial charge in [0.05, 0.1) is 5.69 Å². The molecule has 0 spiro atoms. The van der Waals surface area contributed by atoms with Gasteiger partial charge in [0.2, 0.25) is 0 Å². The van der Waals surface area contributed by atoms with Crippen LogP contribution in [0.5, 0.6) is 5.75 Å². The lowest BCUT2D eigenvalue weighted by Crippen LogP contribution is -1.89. The van der Waals surface area contributed by atoms with Gasteiger partial charge in [-0.3, -0.25) is 9.79 Å². The van der Waals surface area contributed by atoms with Gasteiger partial charge in [0.15, 0.2) is 5.78 Å². The lowest BCUT2D eigenvalue weighted by Gasteiger charge is -1.98. The number of aliphatic imine (C=N–C) groups is 1. The molecule has 0 aliphatic heterocycles. The zero-order chi connectivity index (χ0) is 13.0. The van der Waals surface area contributed by atoms with Crippen molar-refractivity contribution in [2.45, 2.75) is 6.92 Å². The lowest BCUT2D eigenvalue weighted by atomic mass is 10.1. The van der Waals surface area contributed by atoms with Crippen molar-refractivity contribution >= 4 is 17.7 Å². The van der Waals surface area contributed by atoms with Gasteiger partial charge in [-0.15, -0.1) is 0 Å². The zero-order valence-corrected chi connectivity index (χ0v) is 10.00. The van der Waals surface area contributed by atoms with Gasteiger partial charge in [-0.2, -0.15) is 0 Å². The maximum atomic E-state index is 11.1. The van der Waals surface area contributed by atoms with Gasteiger partial charge in [-0.05, 0) is 43.3 Å². The number of benzene rings is 2. The number of carbonyl (C=O) groups is 1. The fourth-order valence-corrected chi connectivity index (χ4v) is 1.52. The van der Waals surface area contributed by atoms with Crippen LogP contribution in [0.15, 0.2) is 53.5 Å². The third-order valence-corrected chi connectivity index (χ3v) is 2.56. The molecular weight excluding hydrogens is 226 g/mol. The number of ketones is 1. The predicted octanol–water partition coefficient (Wildman–Crippen LogP) is 3.35. The van der Waals surface area contributed by atoms with E-state index in [0.29, 0.717) is 11.1 Å². The van der Waals surface area contributed by atoms with Crippen LogP contribution >= 0.6 is 0 Å². The fraction of sp³-hybridized carbons (Fsp3) is 0.0667. The van der Waals surface area contributed by atoms with Gasteiger partial charge in [-0.1, -0.05) is 12.1 Å². The summed E-state index contributed by atoms with van der Waals surface area (Å²) < 4.78 is 0. The number of hydrogen-bond acceptors (Lipinski definition) is 3. The van der Waals surface area contributed by atoms with Gasteiger partial charge in [0.25, 0.3) is 0 Å². The summed E-state index contributed by atoms with van der Waals surface area (Å²) in [5.41, 5.74) is 2.06. The van der Waals surface area contributed by atoms with Crippen LogP contribution in [0.25, 0.3) is 0 Å². The molecule has 0 aliphatic rings. The van der Waals surface area contributed by atoms with E-state index in [4.69, 9.17) is 0 Å². The van der Waals surface area contributed by atoms with Gasteiger partial charge >= 0.3 is 0 Å². The second kappa shape index (κ2) is 5.27. The fourth-order valence-electron chi connectivity index (χ4n) is 1.52. The molecule has 2 aromatic rings. The average Bonchev–Trinajstić information content (AvgIpc) is 2.38. The molecule has 0 fully saturated rings. The molecule has 2 aromatic carbocycles. The average molecular weight is 239 g/mol. The van der Waals surface area contributed by atoms with Crippen molar-refractivity contribution in [3.63, 3.8) is 0 Å². The maximum absolute atomic E-state index is 11.1. The lowest BCUT2D eigenvalue weighted by molar-refractivity contribution is 0.101. The van der Waals surface area contributed by atoms with Crippen LogP contribution in [0.1, 0.15) is 22.8 Å². The maximum Gasteiger partial charge on any atom is 0.159 e. The molecule has 3 heteroatoms. The van der Waals surface area contributed by atoms with Crippen LogP contribution in [0.2, 0.25) is 0 Å². The highest BCUT2D eigenvalue weighted by atomic mass is 16.3. The second-order valence-electron chi connectivity index (χ2n) is 3.92. The number of phenolic OH excluding ortho intramolecular Hbond substituents is 1. The molecule has 90 valence electrons. The highest BCUT2D eigenvalue weighted by Crippen LogP contribution is 2.16. The Kier molecular flexibility index (Phi) is 3.53. The molecule has 0 saturated heterocycles. The number of aromatic hydroxyl groups is 1. The van der Waals surface area contributed by atoms with E-state index >= 15 is 0 Å². The molecule has 0 saturated carbocycles. The first-order valence-corrected chi connectivity index (χ1v) is 5.60. The van der Waals surface area contributed by atoms with E-state index in [1.54, 1.807) is 48.7 Å². The summed E-state index contributed by atoms with van der Waals surface area (Å²) >= 11 is 0. The molecule has 0 amide bonds. The van der Waals surface area contributed by atoms with Crippen LogP contribution in [0.4, 0.5) is 5.69 Å². The summed E-state index contributed by atoms with van der Waals surface area (Å²) in [6.07, 6.45) is 1.60. The van der Waals surface area contributed by atoms with Crippen molar-refractivity contribution in [1.82, 2.24) is 0 Å². The van der Waals surface area contributed by atoms with Crippen molar-refractivity contribution < 1.29 is 9.90 Å². The molecule has 0 atom stereocenters. The molecule has 18 heavy (non-hydrogen) atoms. The van der Waals surface area contributed by atoms with Crippen molar-refractivity contribution in [3.05, 3.63) is 59.7 Å². The Bertz CT molecular complexity index is 586. The minimum Gasteiger partial charge on any atom is -0.507 e. The summed E-state index contributed by atoms with van der Waals surface area (Å²) in [7, 11) is 0. The Labute approximate surface area is 105 Å². The topological polar surface area (TPSA) is 49.7 Å². The quantitative estimate of drug-likeness (QED) is 0.659. The van der Waals surface area contributed by atoms with Crippen molar-refractivity contribution in [2.24, 2.45) is 4.99 Å². The summed E-state index contributed by atoms with van der Waals surface area (Å²) in [4.78, 5) is 15.4. The molecule has 0 heterocycles. The molecule has 3 nitrogen and oxygen atoms in total. The molecule has 0 radical (unpaired) electrons. The van der Waals surface area contributed by atoms with Crippen molar-refractivity contribution in [2.75, 3.05) is 0 Å². The Morgan fingerprint density at radius 1 is 1.11 bits per heavy atom. The molecule has 0 bridgehead atoms. The number of phenols is 1. The van der Waals surface area contributed by atoms with E-state index in [9.17, 15) is 9.90 Å². The second-order valence-corrected chi connectivity index (χ2v) is 3.92. The van der Waals surface area contributed by atoms with Crippen LogP contribution < -0.4 is 0 Å². The van der Waals surface area contributed by atoms with E-state index in [1.165, 1.54) is 6.92 Å². The van der Waals surface area contributed by atoms with E-state index in [0.717, 1.165) is 5.69 Å². The number of Topliss-reactive ketones (excluding diaryl/α,β-unsaturated/α-hetero) is 1. The van der Waals surface area contributed by atoms with Crippen molar-refractivity contribution in [1.29, 1.82) is 0 Å². The molecule has 0 aliphatic carbocycles. The number of para-hydroxylation sites is 1. The third-order valence-electron chi connectivity index (χ3n) is 2.56.